The number of rotatable bonds is 11. The van der Waals surface area contributed by atoms with Crippen LogP contribution >= 0.6 is 11.3 Å². The van der Waals surface area contributed by atoms with E-state index in [9.17, 15) is 8.42 Å². The van der Waals surface area contributed by atoms with E-state index in [1.807, 2.05) is 6.92 Å². The van der Waals surface area contributed by atoms with Crippen molar-refractivity contribution < 1.29 is 17.9 Å². The molecule has 8 nitrogen and oxygen atoms in total. The van der Waals surface area contributed by atoms with Gasteiger partial charge in [-0.25, -0.2) is 8.42 Å². The van der Waals surface area contributed by atoms with E-state index >= 15 is 0 Å². The number of morpholine rings is 1. The maximum absolute atomic E-state index is 11.1. The molecule has 1 aromatic rings. The fourth-order valence-electron chi connectivity index (χ4n) is 2.83. The quantitative estimate of drug-likeness (QED) is 0.303. The van der Waals surface area contributed by atoms with Crippen molar-refractivity contribution in [1.82, 2.24) is 15.5 Å². The monoisotopic (exact) mass is 432 g/mol. The largest absolute Gasteiger partial charge is 0.379 e. The highest BCUT2D eigenvalue weighted by Gasteiger charge is 2.23. The normalized spacial score (nSPS) is 17.4. The minimum absolute atomic E-state index is 0.0448. The molecule has 160 valence electrons. The molecular formula is C18H32N4O4S2. The molecule has 0 aliphatic carbocycles. The summed E-state index contributed by atoms with van der Waals surface area (Å²) in [6.07, 6.45) is 1.21. The maximum Gasteiger partial charge on any atom is 0.191 e. The van der Waals surface area contributed by atoms with Gasteiger partial charge in [0.2, 0.25) is 0 Å². The molecule has 10 heteroatoms. The number of thiophene rings is 1. The zero-order valence-corrected chi connectivity index (χ0v) is 18.4. The molecular weight excluding hydrogens is 400 g/mol. The first kappa shape index (κ1) is 23.1. The fourth-order valence-corrected chi connectivity index (χ4v) is 4.10. The molecule has 2 N–H and O–H groups in total. The van der Waals surface area contributed by atoms with Gasteiger partial charge in [0.15, 0.2) is 5.96 Å². The number of hydrogen-bond donors (Lipinski definition) is 2. The Hall–Kier alpha value is -1.20. The van der Waals surface area contributed by atoms with Gasteiger partial charge in [-0.15, -0.1) is 11.3 Å². The van der Waals surface area contributed by atoms with E-state index in [0.29, 0.717) is 19.7 Å². The third-order valence-corrected chi connectivity index (χ3v) is 6.14. The minimum Gasteiger partial charge on any atom is -0.379 e. The standard InChI is InChI=1S/C18H32N4O4S2/c1-3-19-18(20-6-9-25-12-14-28(2,23)24)21-15-16(17-5-4-13-27-17)22-7-10-26-11-8-22/h4-5,13,16H,3,6-12,14-15H2,1-2H3,(H2,19,20,21). The SMILES string of the molecule is CCNC(=NCC(c1cccs1)N1CCOCC1)NCCOCCS(C)(=O)=O. The van der Waals surface area contributed by atoms with Crippen LogP contribution in [0.2, 0.25) is 0 Å². The summed E-state index contributed by atoms with van der Waals surface area (Å²) in [5, 5.41) is 8.60. The van der Waals surface area contributed by atoms with Crippen LogP contribution in [0.25, 0.3) is 0 Å². The number of nitrogens with zero attached hydrogens (tertiary/aromatic N) is 2. The van der Waals surface area contributed by atoms with Gasteiger partial charge in [-0.05, 0) is 18.4 Å². The minimum atomic E-state index is -2.98. The molecule has 0 aromatic carbocycles. The van der Waals surface area contributed by atoms with E-state index in [2.05, 4.69) is 33.0 Å². The molecule has 0 spiro atoms. The van der Waals surface area contributed by atoms with Crippen LogP contribution in [0, 0.1) is 0 Å². The molecule has 0 amide bonds. The van der Waals surface area contributed by atoms with Gasteiger partial charge in [-0.2, -0.15) is 0 Å². The van der Waals surface area contributed by atoms with Gasteiger partial charge in [0.1, 0.15) is 9.84 Å². The van der Waals surface area contributed by atoms with Crippen LogP contribution in [-0.4, -0.2) is 90.4 Å². The molecule has 1 fully saturated rings. The first-order valence-corrected chi connectivity index (χ1v) is 12.6. The Morgan fingerprint density at radius 2 is 2.14 bits per heavy atom. The topological polar surface area (TPSA) is 92.3 Å². The molecule has 1 unspecified atom stereocenters. The predicted octanol–water partition coefficient (Wildman–Crippen LogP) is 0.738. The van der Waals surface area contributed by atoms with Gasteiger partial charge in [-0.1, -0.05) is 6.07 Å². The van der Waals surface area contributed by atoms with Crippen LogP contribution in [0.15, 0.2) is 22.5 Å². The molecule has 2 heterocycles. The zero-order valence-electron chi connectivity index (χ0n) is 16.7. The Kier molecular flexibility index (Phi) is 10.2. The average Bonchev–Trinajstić information content (AvgIpc) is 3.19. The summed E-state index contributed by atoms with van der Waals surface area (Å²) in [4.78, 5) is 8.51. The Bertz CT molecular complexity index is 674. The van der Waals surface area contributed by atoms with Crippen molar-refractivity contribution in [3.05, 3.63) is 22.4 Å². The molecule has 1 aromatic heterocycles. The Morgan fingerprint density at radius 3 is 2.79 bits per heavy atom. The molecule has 1 aliphatic rings. The van der Waals surface area contributed by atoms with Gasteiger partial charge < -0.3 is 20.1 Å². The number of hydrogen-bond acceptors (Lipinski definition) is 7. The highest BCUT2D eigenvalue weighted by Crippen LogP contribution is 2.26. The molecule has 0 radical (unpaired) electrons. The van der Waals surface area contributed by atoms with Crippen LogP contribution in [0.3, 0.4) is 0 Å². The third-order valence-electron chi connectivity index (χ3n) is 4.26. The van der Waals surface area contributed by atoms with Crippen LogP contribution in [0.1, 0.15) is 17.8 Å². The Labute approximate surface area is 172 Å². The van der Waals surface area contributed by atoms with Crippen LogP contribution in [0.5, 0.6) is 0 Å². The first-order valence-electron chi connectivity index (χ1n) is 9.62. The molecule has 28 heavy (non-hydrogen) atoms. The van der Waals surface area contributed by atoms with Gasteiger partial charge in [0, 0.05) is 37.3 Å². The summed E-state index contributed by atoms with van der Waals surface area (Å²) in [5.74, 6) is 0.785. The molecule has 0 bridgehead atoms. The van der Waals surface area contributed by atoms with E-state index in [4.69, 9.17) is 14.5 Å². The van der Waals surface area contributed by atoms with E-state index in [-0.39, 0.29) is 18.4 Å². The van der Waals surface area contributed by atoms with Crippen molar-refractivity contribution in [2.45, 2.75) is 13.0 Å². The van der Waals surface area contributed by atoms with Crippen molar-refractivity contribution in [2.24, 2.45) is 4.99 Å². The number of sulfone groups is 1. The summed E-state index contributed by atoms with van der Waals surface area (Å²) in [6, 6.07) is 4.48. The summed E-state index contributed by atoms with van der Waals surface area (Å²) in [7, 11) is -2.98. The summed E-state index contributed by atoms with van der Waals surface area (Å²) >= 11 is 1.76. The summed E-state index contributed by atoms with van der Waals surface area (Å²) in [6.45, 7) is 8.00. The Morgan fingerprint density at radius 1 is 1.36 bits per heavy atom. The van der Waals surface area contributed by atoms with Crippen LogP contribution < -0.4 is 10.6 Å². The third kappa shape index (κ3) is 8.87. The second kappa shape index (κ2) is 12.4. The van der Waals surface area contributed by atoms with E-state index in [0.717, 1.165) is 38.8 Å². The maximum atomic E-state index is 11.1. The van der Waals surface area contributed by atoms with E-state index in [1.165, 1.54) is 11.1 Å². The van der Waals surface area contributed by atoms with Crippen molar-refractivity contribution in [3.63, 3.8) is 0 Å². The molecule has 1 atom stereocenters. The van der Waals surface area contributed by atoms with Gasteiger partial charge in [0.05, 0.1) is 44.8 Å². The van der Waals surface area contributed by atoms with Crippen LogP contribution in [-0.2, 0) is 19.3 Å². The van der Waals surface area contributed by atoms with Gasteiger partial charge in [0.25, 0.3) is 0 Å². The summed E-state index contributed by atoms with van der Waals surface area (Å²) < 4.78 is 33.1. The lowest BCUT2D eigenvalue weighted by Crippen LogP contribution is -2.42. The van der Waals surface area contributed by atoms with E-state index < -0.39 is 9.84 Å². The second-order valence-electron chi connectivity index (χ2n) is 6.57. The highest BCUT2D eigenvalue weighted by atomic mass is 32.2. The lowest BCUT2D eigenvalue weighted by molar-refractivity contribution is 0.0186. The molecule has 0 saturated carbocycles. The number of ether oxygens (including phenoxy) is 2. The van der Waals surface area contributed by atoms with Crippen molar-refractivity contribution in [2.75, 3.05) is 71.2 Å². The van der Waals surface area contributed by atoms with Gasteiger partial charge >= 0.3 is 0 Å². The number of guanidine groups is 1. The highest BCUT2D eigenvalue weighted by molar-refractivity contribution is 7.90. The molecule has 1 saturated heterocycles. The average molecular weight is 433 g/mol. The smallest absolute Gasteiger partial charge is 0.191 e. The van der Waals surface area contributed by atoms with E-state index in [1.54, 1.807) is 11.3 Å². The van der Waals surface area contributed by atoms with Crippen LogP contribution in [0.4, 0.5) is 0 Å². The lowest BCUT2D eigenvalue weighted by Gasteiger charge is -2.33. The molecule has 1 aliphatic heterocycles. The Balaban J connectivity index is 1.85. The predicted molar refractivity (Wildman–Crippen MR) is 114 cm³/mol. The zero-order chi connectivity index (χ0) is 20.2. The molecule has 2 rings (SSSR count). The lowest BCUT2D eigenvalue weighted by atomic mass is 10.2. The number of nitrogens with one attached hydrogen (secondary N) is 2. The first-order chi connectivity index (χ1) is 13.5. The van der Waals surface area contributed by atoms with Crippen molar-refractivity contribution in [1.29, 1.82) is 0 Å². The fraction of sp³-hybridized carbons (Fsp3) is 0.722. The number of aliphatic imine (C=N–C) groups is 1. The summed E-state index contributed by atoms with van der Waals surface area (Å²) in [5.41, 5.74) is 0. The van der Waals surface area contributed by atoms with Crippen molar-refractivity contribution >= 4 is 27.1 Å². The second-order valence-corrected chi connectivity index (χ2v) is 9.81. The van der Waals surface area contributed by atoms with Gasteiger partial charge in [-0.3, -0.25) is 9.89 Å². The van der Waals surface area contributed by atoms with Crippen molar-refractivity contribution in [3.8, 4) is 0 Å².